The third kappa shape index (κ3) is 5.99. The van der Waals surface area contributed by atoms with Crippen molar-refractivity contribution in [3.05, 3.63) is 57.3 Å². The van der Waals surface area contributed by atoms with Crippen LogP contribution >= 0.6 is 23.2 Å². The van der Waals surface area contributed by atoms with Gasteiger partial charge in [-0.15, -0.1) is 5.10 Å². The van der Waals surface area contributed by atoms with Crippen LogP contribution in [0, 0.1) is 11.8 Å². The van der Waals surface area contributed by atoms with Gasteiger partial charge in [0, 0.05) is 34.8 Å². The average Bonchev–Trinajstić information content (AvgIpc) is 3.40. The quantitative estimate of drug-likeness (QED) is 0.423. The highest BCUT2D eigenvalue weighted by Crippen LogP contribution is 2.33. The van der Waals surface area contributed by atoms with Crippen LogP contribution in [0.15, 0.2) is 41.6 Å². The lowest BCUT2D eigenvalue weighted by molar-refractivity contribution is 0.144. The molecule has 2 aromatic heterocycles. The number of fused-ring (bicyclic) bond motifs is 4. The zero-order valence-corrected chi connectivity index (χ0v) is 24.4. The molecule has 9 nitrogen and oxygen atoms in total. The van der Waals surface area contributed by atoms with E-state index in [1.807, 2.05) is 10.6 Å². The first kappa shape index (κ1) is 27.8. The summed E-state index contributed by atoms with van der Waals surface area (Å²) < 4.78 is 3.43. The maximum Gasteiger partial charge on any atom is 0.254 e. The van der Waals surface area contributed by atoms with Gasteiger partial charge in [0.05, 0.1) is 29.9 Å². The Bertz CT molecular complexity index is 1380. The molecule has 3 aliphatic heterocycles. The Hall–Kier alpha value is -2.30. The Labute approximate surface area is 245 Å². The molecule has 3 fully saturated rings. The van der Waals surface area contributed by atoms with E-state index < -0.39 is 0 Å². The summed E-state index contributed by atoms with van der Waals surface area (Å²) in [5.41, 5.74) is 1.89. The van der Waals surface area contributed by atoms with Crippen molar-refractivity contribution in [3.63, 3.8) is 0 Å². The summed E-state index contributed by atoms with van der Waals surface area (Å²) in [6.07, 6.45) is 11.2. The van der Waals surface area contributed by atoms with Crippen molar-refractivity contribution in [2.75, 3.05) is 19.6 Å². The lowest BCUT2D eigenvalue weighted by Crippen LogP contribution is -2.59. The van der Waals surface area contributed by atoms with Crippen molar-refractivity contribution in [2.24, 2.45) is 11.8 Å². The lowest BCUT2D eigenvalue weighted by Gasteiger charge is -2.44. The summed E-state index contributed by atoms with van der Waals surface area (Å²) >= 11 is 12.4. The maximum absolute atomic E-state index is 13.8. The predicted octanol–water partition coefficient (Wildman–Crippen LogP) is 4.24. The third-order valence-electron chi connectivity index (χ3n) is 9.02. The van der Waals surface area contributed by atoms with Gasteiger partial charge in [-0.25, -0.2) is 9.67 Å². The molecule has 6 atom stereocenters. The predicted molar refractivity (Wildman–Crippen MR) is 158 cm³/mol. The molecule has 5 heterocycles. The summed E-state index contributed by atoms with van der Waals surface area (Å²) in [6, 6.07) is 8.30. The molecular weight excluding hydrogens is 547 g/mol. The van der Waals surface area contributed by atoms with E-state index in [2.05, 4.69) is 33.2 Å². The normalized spacial score (nSPS) is 29.7. The standard InChI is InChI=1S/C29H38Cl2N8O/c1-18-4-2-6-26(24-12-19(9-11-32-24)29-22(34-15-18)5-3-10-33-29)38-17-35-23(14-28(38)40)21-13-20(30)7-8-25(21)39-16-27(31)36-37-39/h7-8,13-14,16-19,22,24,26,29,32-34H,2-6,9-12,15H2,1H3/t18-,19?,22?,24?,26+,29?/m1/s1. The van der Waals surface area contributed by atoms with Crippen molar-refractivity contribution in [1.82, 2.24) is 40.5 Å². The number of nitrogens with one attached hydrogen (secondary N) is 3. The van der Waals surface area contributed by atoms with E-state index in [-0.39, 0.29) is 22.8 Å². The fourth-order valence-corrected chi connectivity index (χ4v) is 7.28. The molecule has 1 aromatic carbocycles. The van der Waals surface area contributed by atoms with Gasteiger partial charge in [-0.1, -0.05) is 41.8 Å². The van der Waals surface area contributed by atoms with E-state index in [1.165, 1.54) is 12.8 Å². The van der Waals surface area contributed by atoms with E-state index in [4.69, 9.17) is 28.2 Å². The summed E-state index contributed by atoms with van der Waals surface area (Å²) in [7, 11) is 0. The van der Waals surface area contributed by atoms with Gasteiger partial charge in [-0.2, -0.15) is 0 Å². The van der Waals surface area contributed by atoms with Gasteiger partial charge in [-0.3, -0.25) is 9.36 Å². The van der Waals surface area contributed by atoms with Crippen LogP contribution in [0.2, 0.25) is 10.2 Å². The SMILES string of the molecule is C[C@@H]1CCC[C@H](n2cnc(-c3cc(Cl)ccc3-n3cc(Cl)nn3)cc2=O)C2CC(CCN2)C2NCCCC2NC1. The number of nitrogens with zero attached hydrogens (tertiary/aromatic N) is 5. The highest BCUT2D eigenvalue weighted by Gasteiger charge is 2.38. The summed E-state index contributed by atoms with van der Waals surface area (Å²) in [4.78, 5) is 18.6. The number of benzene rings is 1. The van der Waals surface area contributed by atoms with Gasteiger partial charge in [0.15, 0.2) is 5.15 Å². The van der Waals surface area contributed by atoms with Crippen LogP contribution in [0.25, 0.3) is 16.9 Å². The van der Waals surface area contributed by atoms with Crippen LogP contribution in [0.5, 0.6) is 0 Å². The van der Waals surface area contributed by atoms with E-state index in [0.717, 1.165) is 51.7 Å². The van der Waals surface area contributed by atoms with Crippen LogP contribution in [0.1, 0.15) is 57.9 Å². The molecule has 6 rings (SSSR count). The second-order valence-electron chi connectivity index (χ2n) is 11.8. The largest absolute Gasteiger partial charge is 0.312 e. The van der Waals surface area contributed by atoms with Crippen LogP contribution in [0.3, 0.4) is 0 Å². The van der Waals surface area contributed by atoms with E-state index in [1.54, 1.807) is 35.4 Å². The number of halogens is 2. The first-order chi connectivity index (χ1) is 19.5. The van der Waals surface area contributed by atoms with Crippen molar-refractivity contribution in [3.8, 4) is 16.9 Å². The second kappa shape index (κ2) is 12.3. The highest BCUT2D eigenvalue weighted by atomic mass is 35.5. The number of hydrogen-bond acceptors (Lipinski definition) is 7. The van der Waals surface area contributed by atoms with Crippen molar-refractivity contribution in [1.29, 1.82) is 0 Å². The zero-order chi connectivity index (χ0) is 27.6. The molecule has 3 saturated heterocycles. The molecule has 2 bridgehead atoms. The summed E-state index contributed by atoms with van der Waals surface area (Å²) in [5, 5.41) is 20.4. The van der Waals surface area contributed by atoms with Gasteiger partial charge >= 0.3 is 0 Å². The van der Waals surface area contributed by atoms with Crippen molar-refractivity contribution < 1.29 is 0 Å². The number of hydrogen-bond donors (Lipinski definition) is 3. The van der Waals surface area contributed by atoms with E-state index in [0.29, 0.717) is 45.9 Å². The zero-order valence-electron chi connectivity index (χ0n) is 22.9. The summed E-state index contributed by atoms with van der Waals surface area (Å²) in [5.74, 6) is 1.17. The van der Waals surface area contributed by atoms with Gasteiger partial charge < -0.3 is 16.0 Å². The molecular formula is C29H38Cl2N8O. The Morgan fingerprint density at radius 3 is 2.70 bits per heavy atom. The number of rotatable bonds is 3. The first-order valence-corrected chi connectivity index (χ1v) is 15.4. The molecule has 214 valence electrons. The van der Waals surface area contributed by atoms with Gasteiger partial charge in [0.2, 0.25) is 0 Å². The fraction of sp³-hybridized carbons (Fsp3) is 0.586. The molecule has 4 unspecified atom stereocenters. The van der Waals surface area contributed by atoms with E-state index in [9.17, 15) is 4.79 Å². The van der Waals surface area contributed by atoms with Crippen molar-refractivity contribution >= 4 is 23.2 Å². The second-order valence-corrected chi connectivity index (χ2v) is 12.6. The van der Waals surface area contributed by atoms with Crippen LogP contribution in [0.4, 0.5) is 0 Å². The maximum atomic E-state index is 13.8. The van der Waals surface area contributed by atoms with Crippen LogP contribution in [-0.4, -0.2) is 62.3 Å². The van der Waals surface area contributed by atoms with Gasteiger partial charge in [-0.05, 0) is 88.2 Å². The smallest absolute Gasteiger partial charge is 0.254 e. The highest BCUT2D eigenvalue weighted by molar-refractivity contribution is 6.31. The fourth-order valence-electron chi connectivity index (χ4n) is 6.98. The van der Waals surface area contributed by atoms with Crippen LogP contribution in [-0.2, 0) is 0 Å². The molecule has 40 heavy (non-hydrogen) atoms. The molecule has 3 N–H and O–H groups in total. The Balaban J connectivity index is 1.32. The molecule has 3 aliphatic rings. The Morgan fingerprint density at radius 2 is 1.88 bits per heavy atom. The molecule has 3 aromatic rings. The summed E-state index contributed by atoms with van der Waals surface area (Å²) in [6.45, 7) is 5.45. The molecule has 11 heteroatoms. The average molecular weight is 586 g/mol. The van der Waals surface area contributed by atoms with Crippen molar-refractivity contribution in [2.45, 2.75) is 76.0 Å². The minimum absolute atomic E-state index is 0.0476. The van der Waals surface area contributed by atoms with Gasteiger partial charge in [0.1, 0.15) is 0 Å². The lowest BCUT2D eigenvalue weighted by atomic mass is 9.77. The Morgan fingerprint density at radius 1 is 0.975 bits per heavy atom. The minimum atomic E-state index is -0.0584. The molecule has 0 radical (unpaired) electrons. The molecule has 0 spiro atoms. The molecule has 0 aliphatic carbocycles. The topological polar surface area (TPSA) is 102 Å². The molecule has 0 amide bonds. The number of aromatic nitrogens is 5. The monoisotopic (exact) mass is 584 g/mol. The molecule has 0 saturated carbocycles. The first-order valence-electron chi connectivity index (χ1n) is 14.6. The minimum Gasteiger partial charge on any atom is -0.312 e. The van der Waals surface area contributed by atoms with Gasteiger partial charge in [0.25, 0.3) is 5.56 Å². The number of piperidine rings is 2. The third-order valence-corrected chi connectivity index (χ3v) is 9.43. The van der Waals surface area contributed by atoms with Crippen LogP contribution < -0.4 is 21.5 Å². The van der Waals surface area contributed by atoms with E-state index >= 15 is 0 Å². The Kier molecular flexibility index (Phi) is 8.55.